The summed E-state index contributed by atoms with van der Waals surface area (Å²) in [6.07, 6.45) is 5.06. The lowest BCUT2D eigenvalue weighted by Gasteiger charge is -2.30. The highest BCUT2D eigenvalue weighted by molar-refractivity contribution is 6.04. The largest absolute Gasteiger partial charge is 0.350 e. The molecular formula is C17H25N4O+. The van der Waals surface area contributed by atoms with Crippen LogP contribution in [-0.2, 0) is 0 Å². The van der Waals surface area contributed by atoms with Gasteiger partial charge in [0.25, 0.3) is 5.91 Å². The molecule has 3 rings (SSSR count). The van der Waals surface area contributed by atoms with Crippen LogP contribution in [0.1, 0.15) is 43.1 Å². The van der Waals surface area contributed by atoms with E-state index in [-0.39, 0.29) is 5.91 Å². The van der Waals surface area contributed by atoms with Crippen LogP contribution in [0.4, 0.5) is 0 Å². The number of amides is 1. The predicted molar refractivity (Wildman–Crippen MR) is 87.1 cm³/mol. The summed E-state index contributed by atoms with van der Waals surface area (Å²) in [6, 6.07) is 8.48. The number of fused-ring (bicyclic) bond motifs is 1. The van der Waals surface area contributed by atoms with Gasteiger partial charge >= 0.3 is 0 Å². The minimum atomic E-state index is -0.0841. The zero-order valence-electron chi connectivity index (χ0n) is 13.2. The van der Waals surface area contributed by atoms with E-state index in [1.807, 2.05) is 24.3 Å². The lowest BCUT2D eigenvalue weighted by Crippen LogP contribution is -3.16. The first kappa shape index (κ1) is 15.0. The van der Waals surface area contributed by atoms with Gasteiger partial charge < -0.3 is 10.2 Å². The van der Waals surface area contributed by atoms with E-state index in [0.29, 0.717) is 5.69 Å². The fourth-order valence-corrected chi connectivity index (χ4v) is 3.36. The van der Waals surface area contributed by atoms with Gasteiger partial charge in [0.15, 0.2) is 5.69 Å². The van der Waals surface area contributed by atoms with Crippen molar-refractivity contribution in [3.8, 4) is 0 Å². The van der Waals surface area contributed by atoms with E-state index in [1.54, 1.807) is 4.90 Å². The molecule has 0 saturated carbocycles. The molecular weight excluding hydrogens is 276 g/mol. The van der Waals surface area contributed by atoms with Gasteiger partial charge in [-0.2, -0.15) is 5.10 Å². The van der Waals surface area contributed by atoms with Crippen LogP contribution in [0.5, 0.6) is 0 Å². The number of hydrogen-bond donors (Lipinski definition) is 3. The zero-order valence-corrected chi connectivity index (χ0v) is 13.2. The fourth-order valence-electron chi connectivity index (χ4n) is 3.36. The number of para-hydroxylation sites is 1. The average Bonchev–Trinajstić information content (AvgIpc) is 2.97. The summed E-state index contributed by atoms with van der Waals surface area (Å²) in [4.78, 5) is 13.9. The number of aromatic nitrogens is 2. The zero-order chi connectivity index (χ0) is 15.4. The second-order valence-electron chi connectivity index (χ2n) is 6.28. The second-order valence-corrected chi connectivity index (χ2v) is 6.28. The van der Waals surface area contributed by atoms with Crippen molar-refractivity contribution < 1.29 is 9.69 Å². The standard InChI is InChI=1S/C17H24N4O/c1-13-7-4-5-11-21(13)12-6-10-18-17(22)16-14-8-2-3-9-15(14)19-20-16/h2-3,8-9,13H,4-7,10-12H2,1H3,(H,18,22)(H,19,20)/p+1/t13-/m1/s1. The van der Waals surface area contributed by atoms with Gasteiger partial charge in [-0.1, -0.05) is 18.2 Å². The Hall–Kier alpha value is -1.88. The predicted octanol–water partition coefficient (Wildman–Crippen LogP) is 1.14. The van der Waals surface area contributed by atoms with Gasteiger partial charge in [-0.25, -0.2) is 0 Å². The van der Waals surface area contributed by atoms with Crippen molar-refractivity contribution in [2.24, 2.45) is 0 Å². The SMILES string of the molecule is C[C@@H]1CCCC[NH+]1CCCNC(=O)c1n[nH]c2ccccc12. The highest BCUT2D eigenvalue weighted by atomic mass is 16.1. The molecule has 2 atom stereocenters. The number of quaternary nitrogens is 1. The number of H-pyrrole nitrogens is 1. The molecule has 22 heavy (non-hydrogen) atoms. The van der Waals surface area contributed by atoms with E-state index in [4.69, 9.17) is 0 Å². The summed E-state index contributed by atoms with van der Waals surface area (Å²) >= 11 is 0. The Kier molecular flexibility index (Phi) is 4.73. The summed E-state index contributed by atoms with van der Waals surface area (Å²) in [5, 5.41) is 10.9. The number of rotatable bonds is 5. The van der Waals surface area contributed by atoms with Gasteiger partial charge in [0.1, 0.15) is 0 Å². The minimum absolute atomic E-state index is 0.0841. The second kappa shape index (κ2) is 6.92. The van der Waals surface area contributed by atoms with Gasteiger partial charge in [0, 0.05) is 18.4 Å². The van der Waals surface area contributed by atoms with Crippen molar-refractivity contribution in [3.05, 3.63) is 30.0 Å². The summed E-state index contributed by atoms with van der Waals surface area (Å²) in [6.45, 7) is 5.47. The summed E-state index contributed by atoms with van der Waals surface area (Å²) in [5.41, 5.74) is 1.40. The van der Waals surface area contributed by atoms with Crippen molar-refractivity contribution in [3.63, 3.8) is 0 Å². The molecule has 0 radical (unpaired) electrons. The number of benzene rings is 1. The number of nitrogens with one attached hydrogen (secondary N) is 3. The number of carbonyl (C=O) groups excluding carboxylic acids is 1. The Morgan fingerprint density at radius 1 is 1.41 bits per heavy atom. The van der Waals surface area contributed by atoms with Crippen LogP contribution in [0.15, 0.2) is 24.3 Å². The Bertz CT molecular complexity index is 636. The van der Waals surface area contributed by atoms with E-state index in [0.717, 1.165) is 36.5 Å². The van der Waals surface area contributed by atoms with Crippen molar-refractivity contribution in [1.82, 2.24) is 15.5 Å². The van der Waals surface area contributed by atoms with Crippen LogP contribution in [0.25, 0.3) is 10.9 Å². The van der Waals surface area contributed by atoms with Crippen molar-refractivity contribution in [1.29, 1.82) is 0 Å². The molecule has 118 valence electrons. The van der Waals surface area contributed by atoms with Crippen LogP contribution in [-0.4, -0.2) is 41.8 Å². The normalized spacial score (nSPS) is 21.9. The lowest BCUT2D eigenvalue weighted by atomic mass is 10.0. The molecule has 2 heterocycles. The summed E-state index contributed by atoms with van der Waals surface area (Å²) in [5.74, 6) is -0.0841. The van der Waals surface area contributed by atoms with E-state index in [9.17, 15) is 4.79 Å². The molecule has 0 aliphatic carbocycles. The number of carbonyl (C=O) groups is 1. The monoisotopic (exact) mass is 301 g/mol. The molecule has 1 aromatic heterocycles. The maximum Gasteiger partial charge on any atom is 0.272 e. The highest BCUT2D eigenvalue weighted by Crippen LogP contribution is 2.14. The highest BCUT2D eigenvalue weighted by Gasteiger charge is 2.21. The smallest absolute Gasteiger partial charge is 0.272 e. The van der Waals surface area contributed by atoms with E-state index in [2.05, 4.69) is 22.4 Å². The Morgan fingerprint density at radius 3 is 3.14 bits per heavy atom. The molecule has 1 unspecified atom stereocenters. The summed E-state index contributed by atoms with van der Waals surface area (Å²) < 4.78 is 0. The van der Waals surface area contributed by atoms with Gasteiger partial charge in [0.2, 0.25) is 0 Å². The molecule has 0 bridgehead atoms. The molecule has 1 fully saturated rings. The first-order valence-corrected chi connectivity index (χ1v) is 8.31. The first-order chi connectivity index (χ1) is 10.8. The van der Waals surface area contributed by atoms with Crippen molar-refractivity contribution >= 4 is 16.8 Å². The Morgan fingerprint density at radius 2 is 2.27 bits per heavy atom. The third-order valence-corrected chi connectivity index (χ3v) is 4.73. The minimum Gasteiger partial charge on any atom is -0.350 e. The van der Waals surface area contributed by atoms with Crippen molar-refractivity contribution in [2.75, 3.05) is 19.6 Å². The Labute approximate surface area is 131 Å². The number of likely N-dealkylation sites (tertiary alicyclic amines) is 1. The molecule has 1 saturated heterocycles. The first-order valence-electron chi connectivity index (χ1n) is 8.31. The van der Waals surface area contributed by atoms with Gasteiger partial charge in [0.05, 0.1) is 24.6 Å². The van der Waals surface area contributed by atoms with Crippen LogP contribution >= 0.6 is 0 Å². The third kappa shape index (κ3) is 3.30. The summed E-state index contributed by atoms with van der Waals surface area (Å²) in [7, 11) is 0. The molecule has 2 aromatic rings. The molecule has 3 N–H and O–H groups in total. The molecule has 1 aromatic carbocycles. The number of piperidine rings is 1. The molecule has 5 heteroatoms. The van der Waals surface area contributed by atoms with Crippen LogP contribution in [0.3, 0.4) is 0 Å². The molecule has 5 nitrogen and oxygen atoms in total. The number of aromatic amines is 1. The topological polar surface area (TPSA) is 62.2 Å². The molecule has 1 aliphatic heterocycles. The van der Waals surface area contributed by atoms with Crippen molar-refractivity contribution in [2.45, 2.75) is 38.6 Å². The van der Waals surface area contributed by atoms with Crippen LogP contribution < -0.4 is 10.2 Å². The van der Waals surface area contributed by atoms with Crippen LogP contribution in [0.2, 0.25) is 0 Å². The number of nitrogens with zero attached hydrogens (tertiary/aromatic N) is 1. The Balaban J connectivity index is 1.48. The maximum absolute atomic E-state index is 12.2. The van der Waals surface area contributed by atoms with Gasteiger partial charge in [-0.05, 0) is 32.3 Å². The quantitative estimate of drug-likeness (QED) is 0.725. The molecule has 1 amide bonds. The molecule has 0 spiro atoms. The van der Waals surface area contributed by atoms with E-state index < -0.39 is 0 Å². The third-order valence-electron chi connectivity index (χ3n) is 4.73. The lowest BCUT2D eigenvalue weighted by molar-refractivity contribution is -0.928. The maximum atomic E-state index is 12.2. The number of hydrogen-bond acceptors (Lipinski definition) is 2. The average molecular weight is 301 g/mol. The van der Waals surface area contributed by atoms with Crippen LogP contribution in [0, 0.1) is 0 Å². The van der Waals surface area contributed by atoms with Gasteiger partial charge in [-0.15, -0.1) is 0 Å². The van der Waals surface area contributed by atoms with E-state index >= 15 is 0 Å². The van der Waals surface area contributed by atoms with E-state index in [1.165, 1.54) is 25.8 Å². The molecule has 1 aliphatic rings. The van der Waals surface area contributed by atoms with Gasteiger partial charge in [-0.3, -0.25) is 9.89 Å². The fraction of sp³-hybridized carbons (Fsp3) is 0.529.